The summed E-state index contributed by atoms with van der Waals surface area (Å²) >= 11 is 0. The topological polar surface area (TPSA) is 81.4 Å². The van der Waals surface area contributed by atoms with E-state index in [-0.39, 0.29) is 30.3 Å². The van der Waals surface area contributed by atoms with Crippen molar-refractivity contribution in [2.45, 2.75) is 33.2 Å². The highest BCUT2D eigenvalue weighted by Gasteiger charge is 2.21. The van der Waals surface area contributed by atoms with Gasteiger partial charge in [-0.15, -0.1) is 0 Å². The lowest BCUT2D eigenvalue weighted by molar-refractivity contribution is -0.144. The Bertz CT molecular complexity index is 243. The zero-order valence-electron chi connectivity index (χ0n) is 10.4. The maximum atomic E-state index is 11.6. The van der Waals surface area contributed by atoms with E-state index < -0.39 is 6.04 Å². The fraction of sp³-hybridized carbons (Fsp3) is 0.818. The fourth-order valence-corrected chi connectivity index (χ4v) is 1.17. The number of methoxy groups -OCH3 is 1. The van der Waals surface area contributed by atoms with E-state index in [1.165, 1.54) is 7.11 Å². The summed E-state index contributed by atoms with van der Waals surface area (Å²) in [5, 5.41) is 2.65. The van der Waals surface area contributed by atoms with Crippen LogP contribution in [0, 0.1) is 11.8 Å². The van der Waals surface area contributed by atoms with Crippen LogP contribution in [-0.2, 0) is 14.3 Å². The molecule has 0 saturated carbocycles. The van der Waals surface area contributed by atoms with Crippen LogP contribution in [0.15, 0.2) is 0 Å². The summed E-state index contributed by atoms with van der Waals surface area (Å²) in [5.74, 6) is -0.769. The molecule has 3 unspecified atom stereocenters. The van der Waals surface area contributed by atoms with Gasteiger partial charge < -0.3 is 15.8 Å². The van der Waals surface area contributed by atoms with Crippen LogP contribution >= 0.6 is 0 Å². The minimum atomic E-state index is -0.519. The van der Waals surface area contributed by atoms with E-state index in [2.05, 4.69) is 10.1 Å². The number of ether oxygens (including phenoxy) is 1. The highest BCUT2D eigenvalue weighted by Crippen LogP contribution is 2.05. The first-order valence-electron chi connectivity index (χ1n) is 5.55. The van der Waals surface area contributed by atoms with Gasteiger partial charge in [0.2, 0.25) is 5.91 Å². The number of hydrogen-bond donors (Lipinski definition) is 2. The normalized spacial score (nSPS) is 16.1. The fourth-order valence-electron chi connectivity index (χ4n) is 1.17. The minimum absolute atomic E-state index is 0.133. The van der Waals surface area contributed by atoms with Crippen LogP contribution in [0.2, 0.25) is 0 Å². The lowest BCUT2D eigenvalue weighted by Gasteiger charge is -2.18. The van der Waals surface area contributed by atoms with Crippen LogP contribution in [0.4, 0.5) is 0 Å². The molecular formula is C11H22N2O3. The van der Waals surface area contributed by atoms with Crippen LogP contribution in [0.25, 0.3) is 0 Å². The summed E-state index contributed by atoms with van der Waals surface area (Å²) < 4.78 is 4.55. The van der Waals surface area contributed by atoms with E-state index in [1.807, 2.05) is 13.8 Å². The van der Waals surface area contributed by atoms with Gasteiger partial charge in [-0.3, -0.25) is 9.59 Å². The van der Waals surface area contributed by atoms with Gasteiger partial charge >= 0.3 is 5.97 Å². The number of rotatable bonds is 6. The SMILES string of the molecule is CCC(C)C(N)C(=O)NCC(C)C(=O)OC. The van der Waals surface area contributed by atoms with Gasteiger partial charge in [0.15, 0.2) is 0 Å². The molecule has 0 rings (SSSR count). The van der Waals surface area contributed by atoms with E-state index >= 15 is 0 Å². The van der Waals surface area contributed by atoms with Crippen molar-refractivity contribution >= 4 is 11.9 Å². The molecule has 0 aromatic carbocycles. The molecule has 0 aromatic rings. The molecular weight excluding hydrogens is 208 g/mol. The molecule has 0 radical (unpaired) electrons. The second-order valence-corrected chi connectivity index (χ2v) is 4.08. The molecule has 0 heterocycles. The number of amides is 1. The molecule has 16 heavy (non-hydrogen) atoms. The molecule has 1 amide bonds. The molecule has 94 valence electrons. The number of carbonyl (C=O) groups excluding carboxylic acids is 2. The quantitative estimate of drug-likeness (QED) is 0.642. The highest BCUT2D eigenvalue weighted by molar-refractivity contribution is 5.82. The Morgan fingerprint density at radius 3 is 2.38 bits per heavy atom. The molecule has 3 N–H and O–H groups in total. The van der Waals surface area contributed by atoms with Crippen molar-refractivity contribution in [3.63, 3.8) is 0 Å². The van der Waals surface area contributed by atoms with Crippen LogP contribution in [-0.4, -0.2) is 31.6 Å². The Hall–Kier alpha value is -1.10. The predicted octanol–water partition coefficient (Wildman–Crippen LogP) is 0.285. The number of carbonyl (C=O) groups is 2. The second kappa shape index (κ2) is 7.22. The van der Waals surface area contributed by atoms with E-state index in [9.17, 15) is 9.59 Å². The van der Waals surface area contributed by atoms with Crippen molar-refractivity contribution in [1.82, 2.24) is 5.32 Å². The first-order chi connectivity index (χ1) is 7.43. The molecule has 0 saturated heterocycles. The largest absolute Gasteiger partial charge is 0.469 e. The summed E-state index contributed by atoms with van der Waals surface area (Å²) in [7, 11) is 1.32. The van der Waals surface area contributed by atoms with Gasteiger partial charge in [-0.05, 0) is 5.92 Å². The summed E-state index contributed by atoms with van der Waals surface area (Å²) in [6, 6.07) is -0.519. The third-order valence-electron chi connectivity index (χ3n) is 2.75. The lowest BCUT2D eigenvalue weighted by atomic mass is 9.99. The predicted molar refractivity (Wildman–Crippen MR) is 61.6 cm³/mol. The van der Waals surface area contributed by atoms with Crippen LogP contribution in [0.5, 0.6) is 0 Å². The molecule has 0 aliphatic carbocycles. The van der Waals surface area contributed by atoms with Crippen molar-refractivity contribution in [2.75, 3.05) is 13.7 Å². The molecule has 0 aliphatic rings. The van der Waals surface area contributed by atoms with Gasteiger partial charge in [-0.2, -0.15) is 0 Å². The van der Waals surface area contributed by atoms with Crippen LogP contribution in [0.1, 0.15) is 27.2 Å². The van der Waals surface area contributed by atoms with Crippen molar-refractivity contribution in [3.05, 3.63) is 0 Å². The average Bonchev–Trinajstić information content (AvgIpc) is 2.32. The average molecular weight is 230 g/mol. The lowest BCUT2D eigenvalue weighted by Crippen LogP contribution is -2.46. The number of esters is 1. The third-order valence-corrected chi connectivity index (χ3v) is 2.75. The Morgan fingerprint density at radius 1 is 1.38 bits per heavy atom. The van der Waals surface area contributed by atoms with Crippen molar-refractivity contribution in [3.8, 4) is 0 Å². The van der Waals surface area contributed by atoms with Gasteiger partial charge in [0.25, 0.3) is 0 Å². The maximum Gasteiger partial charge on any atom is 0.310 e. The summed E-state index contributed by atoms with van der Waals surface area (Å²) in [4.78, 5) is 22.6. The van der Waals surface area contributed by atoms with E-state index in [4.69, 9.17) is 5.73 Å². The Kier molecular flexibility index (Phi) is 6.72. The summed E-state index contributed by atoms with van der Waals surface area (Å²) in [5.41, 5.74) is 5.74. The van der Waals surface area contributed by atoms with E-state index in [0.717, 1.165) is 6.42 Å². The van der Waals surface area contributed by atoms with Gasteiger partial charge in [0.1, 0.15) is 0 Å². The van der Waals surface area contributed by atoms with Crippen molar-refractivity contribution < 1.29 is 14.3 Å². The smallest absolute Gasteiger partial charge is 0.310 e. The first kappa shape index (κ1) is 14.9. The molecule has 3 atom stereocenters. The molecule has 0 bridgehead atoms. The second-order valence-electron chi connectivity index (χ2n) is 4.08. The molecule has 0 aromatic heterocycles. The Balaban J connectivity index is 4.02. The molecule has 5 nitrogen and oxygen atoms in total. The minimum Gasteiger partial charge on any atom is -0.469 e. The highest BCUT2D eigenvalue weighted by atomic mass is 16.5. The van der Waals surface area contributed by atoms with E-state index in [0.29, 0.717) is 0 Å². The number of nitrogens with one attached hydrogen (secondary N) is 1. The Morgan fingerprint density at radius 2 is 1.94 bits per heavy atom. The standard InChI is InChI=1S/C11H22N2O3/c1-5-7(2)9(12)10(14)13-6-8(3)11(15)16-4/h7-9H,5-6,12H2,1-4H3,(H,13,14). The molecule has 0 spiro atoms. The number of nitrogens with two attached hydrogens (primary N) is 1. The zero-order chi connectivity index (χ0) is 12.7. The molecule has 5 heteroatoms. The summed E-state index contributed by atoms with van der Waals surface area (Å²) in [6.07, 6.45) is 0.848. The summed E-state index contributed by atoms with van der Waals surface area (Å²) in [6.45, 7) is 5.86. The van der Waals surface area contributed by atoms with Gasteiger partial charge in [0, 0.05) is 6.54 Å². The maximum absolute atomic E-state index is 11.6. The molecule has 0 aliphatic heterocycles. The number of hydrogen-bond acceptors (Lipinski definition) is 4. The van der Waals surface area contributed by atoms with Gasteiger partial charge in [0.05, 0.1) is 19.1 Å². The zero-order valence-corrected chi connectivity index (χ0v) is 10.4. The van der Waals surface area contributed by atoms with Crippen molar-refractivity contribution in [2.24, 2.45) is 17.6 Å². The van der Waals surface area contributed by atoms with Crippen LogP contribution in [0.3, 0.4) is 0 Å². The van der Waals surface area contributed by atoms with Crippen LogP contribution < -0.4 is 11.1 Å². The van der Waals surface area contributed by atoms with Gasteiger partial charge in [-0.25, -0.2) is 0 Å². The van der Waals surface area contributed by atoms with Crippen molar-refractivity contribution in [1.29, 1.82) is 0 Å². The van der Waals surface area contributed by atoms with E-state index in [1.54, 1.807) is 6.92 Å². The van der Waals surface area contributed by atoms with Gasteiger partial charge in [-0.1, -0.05) is 27.2 Å². The molecule has 0 fully saturated rings. The monoisotopic (exact) mass is 230 g/mol. The first-order valence-corrected chi connectivity index (χ1v) is 5.55. The Labute approximate surface area is 96.7 Å². The third kappa shape index (κ3) is 4.61.